The zero-order chi connectivity index (χ0) is 12.9. The van der Waals surface area contributed by atoms with E-state index in [1.54, 1.807) is 4.90 Å². The van der Waals surface area contributed by atoms with Gasteiger partial charge in [0, 0.05) is 12.0 Å². The van der Waals surface area contributed by atoms with Gasteiger partial charge in [-0.05, 0) is 26.2 Å². The number of hydrogen-bond acceptors (Lipinski definition) is 3. The van der Waals surface area contributed by atoms with Crippen molar-refractivity contribution in [2.24, 2.45) is 5.41 Å². The summed E-state index contributed by atoms with van der Waals surface area (Å²) in [7, 11) is 1.35. The van der Waals surface area contributed by atoms with Crippen LogP contribution in [0.15, 0.2) is 0 Å². The molecule has 98 valence electrons. The van der Waals surface area contributed by atoms with E-state index in [1.807, 2.05) is 6.92 Å². The Labute approximate surface area is 103 Å². The maximum Gasteiger partial charge on any atom is 0.325 e. The zero-order valence-electron chi connectivity index (χ0n) is 11.1. The van der Waals surface area contributed by atoms with Gasteiger partial charge < -0.3 is 9.64 Å². The standard InChI is InChI=1S/C13H23NO3/c1-4-13(8-6-7-9-13)12(16)14(5-2)10-11(15)17-3/h4-10H2,1-3H3. The van der Waals surface area contributed by atoms with Gasteiger partial charge in [0.15, 0.2) is 0 Å². The molecule has 0 aliphatic heterocycles. The van der Waals surface area contributed by atoms with Crippen LogP contribution in [0.25, 0.3) is 0 Å². The lowest BCUT2D eigenvalue weighted by Crippen LogP contribution is -2.44. The summed E-state index contributed by atoms with van der Waals surface area (Å²) in [5.74, 6) is -0.213. The van der Waals surface area contributed by atoms with Gasteiger partial charge in [0.25, 0.3) is 0 Å². The summed E-state index contributed by atoms with van der Waals surface area (Å²) in [6.45, 7) is 4.61. The lowest BCUT2D eigenvalue weighted by atomic mass is 9.82. The number of amides is 1. The number of nitrogens with zero attached hydrogens (tertiary/aromatic N) is 1. The normalized spacial score (nSPS) is 17.8. The predicted molar refractivity (Wildman–Crippen MR) is 65.5 cm³/mol. The van der Waals surface area contributed by atoms with E-state index >= 15 is 0 Å². The predicted octanol–water partition coefficient (Wildman–Crippen LogP) is 1.98. The van der Waals surface area contributed by atoms with Gasteiger partial charge in [-0.2, -0.15) is 0 Å². The number of rotatable bonds is 5. The minimum absolute atomic E-state index is 0.0770. The van der Waals surface area contributed by atoms with Crippen LogP contribution in [-0.4, -0.2) is 37.0 Å². The second-order valence-electron chi connectivity index (χ2n) is 4.74. The number of carbonyl (C=O) groups is 2. The van der Waals surface area contributed by atoms with E-state index in [0.29, 0.717) is 6.54 Å². The smallest absolute Gasteiger partial charge is 0.325 e. The van der Waals surface area contributed by atoms with Crippen LogP contribution < -0.4 is 0 Å². The summed E-state index contributed by atoms with van der Waals surface area (Å²) in [5, 5.41) is 0. The Hall–Kier alpha value is -1.06. The lowest BCUT2D eigenvalue weighted by Gasteiger charge is -2.32. The van der Waals surface area contributed by atoms with Gasteiger partial charge in [0.05, 0.1) is 7.11 Å². The van der Waals surface area contributed by atoms with E-state index in [1.165, 1.54) is 7.11 Å². The monoisotopic (exact) mass is 241 g/mol. The molecule has 1 aliphatic carbocycles. The molecule has 0 aromatic rings. The molecule has 1 rings (SSSR count). The number of ether oxygens (including phenoxy) is 1. The fourth-order valence-corrected chi connectivity index (χ4v) is 2.65. The molecule has 0 unspecified atom stereocenters. The van der Waals surface area contributed by atoms with Gasteiger partial charge in [-0.25, -0.2) is 0 Å². The maximum absolute atomic E-state index is 12.5. The highest BCUT2D eigenvalue weighted by atomic mass is 16.5. The quantitative estimate of drug-likeness (QED) is 0.691. The highest BCUT2D eigenvalue weighted by molar-refractivity contribution is 5.86. The molecule has 4 heteroatoms. The summed E-state index contributed by atoms with van der Waals surface area (Å²) in [6.07, 6.45) is 5.02. The Morgan fingerprint density at radius 3 is 2.24 bits per heavy atom. The van der Waals surface area contributed by atoms with Gasteiger partial charge in [0.2, 0.25) is 5.91 Å². The molecule has 0 spiro atoms. The van der Waals surface area contributed by atoms with Crippen molar-refractivity contribution in [1.82, 2.24) is 4.90 Å². The third kappa shape index (κ3) is 2.99. The van der Waals surface area contributed by atoms with Crippen LogP contribution in [-0.2, 0) is 14.3 Å². The van der Waals surface area contributed by atoms with E-state index < -0.39 is 0 Å². The van der Waals surface area contributed by atoms with Crippen LogP contribution in [0.1, 0.15) is 46.0 Å². The second kappa shape index (κ2) is 6.03. The average molecular weight is 241 g/mol. The van der Waals surface area contributed by atoms with Crippen molar-refractivity contribution in [1.29, 1.82) is 0 Å². The first-order valence-electron chi connectivity index (χ1n) is 6.46. The van der Waals surface area contributed by atoms with Crippen molar-refractivity contribution in [3.8, 4) is 0 Å². The van der Waals surface area contributed by atoms with Crippen LogP contribution in [0.5, 0.6) is 0 Å². The van der Waals surface area contributed by atoms with E-state index in [4.69, 9.17) is 0 Å². The van der Waals surface area contributed by atoms with E-state index in [2.05, 4.69) is 11.7 Å². The first-order chi connectivity index (χ1) is 8.09. The summed E-state index contributed by atoms with van der Waals surface area (Å²) in [4.78, 5) is 25.4. The molecule has 0 bridgehead atoms. The molecule has 4 nitrogen and oxygen atoms in total. The molecule has 0 aromatic heterocycles. The Bertz CT molecular complexity index is 282. The first-order valence-corrected chi connectivity index (χ1v) is 6.46. The third-order valence-electron chi connectivity index (χ3n) is 3.91. The largest absolute Gasteiger partial charge is 0.468 e. The summed E-state index contributed by atoms with van der Waals surface area (Å²) in [5.41, 5.74) is -0.218. The van der Waals surface area contributed by atoms with Crippen molar-refractivity contribution in [3.63, 3.8) is 0 Å². The van der Waals surface area contributed by atoms with Crippen molar-refractivity contribution < 1.29 is 14.3 Å². The van der Waals surface area contributed by atoms with Crippen molar-refractivity contribution in [2.75, 3.05) is 20.2 Å². The van der Waals surface area contributed by atoms with Crippen molar-refractivity contribution in [3.05, 3.63) is 0 Å². The lowest BCUT2D eigenvalue weighted by molar-refractivity contribution is -0.151. The fraction of sp³-hybridized carbons (Fsp3) is 0.846. The SMILES string of the molecule is CCN(CC(=O)OC)C(=O)C1(CC)CCCC1. The molecule has 0 heterocycles. The summed E-state index contributed by atoms with van der Waals surface area (Å²) in [6, 6.07) is 0. The molecule has 1 amide bonds. The number of likely N-dealkylation sites (N-methyl/N-ethyl adjacent to an activating group) is 1. The maximum atomic E-state index is 12.5. The van der Waals surface area contributed by atoms with Crippen LogP contribution in [0.4, 0.5) is 0 Å². The Morgan fingerprint density at radius 2 is 1.82 bits per heavy atom. The van der Waals surface area contributed by atoms with Gasteiger partial charge >= 0.3 is 5.97 Å². The van der Waals surface area contributed by atoms with E-state index in [0.717, 1.165) is 32.1 Å². The van der Waals surface area contributed by atoms with Crippen LogP contribution in [0.2, 0.25) is 0 Å². The Morgan fingerprint density at radius 1 is 1.24 bits per heavy atom. The fourth-order valence-electron chi connectivity index (χ4n) is 2.65. The molecule has 1 aliphatic rings. The van der Waals surface area contributed by atoms with Crippen molar-refractivity contribution >= 4 is 11.9 Å². The van der Waals surface area contributed by atoms with Gasteiger partial charge in [0.1, 0.15) is 6.54 Å². The Balaban J connectivity index is 2.73. The average Bonchev–Trinajstić information content (AvgIpc) is 2.84. The molecule has 17 heavy (non-hydrogen) atoms. The highest BCUT2D eigenvalue weighted by Crippen LogP contribution is 2.42. The third-order valence-corrected chi connectivity index (χ3v) is 3.91. The van der Waals surface area contributed by atoms with Gasteiger partial charge in [-0.1, -0.05) is 19.8 Å². The Kier molecular flexibility index (Phi) is 4.97. The first kappa shape index (κ1) is 14.0. The number of methoxy groups -OCH3 is 1. The molecule has 0 N–H and O–H groups in total. The molecule has 0 radical (unpaired) electrons. The zero-order valence-corrected chi connectivity index (χ0v) is 11.1. The molecule has 0 atom stereocenters. The molecule has 0 aromatic carbocycles. The van der Waals surface area contributed by atoms with Crippen LogP contribution >= 0.6 is 0 Å². The molecule has 0 saturated heterocycles. The molecular formula is C13H23NO3. The second-order valence-corrected chi connectivity index (χ2v) is 4.74. The molecule has 1 saturated carbocycles. The topological polar surface area (TPSA) is 46.6 Å². The van der Waals surface area contributed by atoms with Gasteiger partial charge in [-0.15, -0.1) is 0 Å². The number of esters is 1. The van der Waals surface area contributed by atoms with Crippen LogP contribution in [0.3, 0.4) is 0 Å². The highest BCUT2D eigenvalue weighted by Gasteiger charge is 2.41. The molecular weight excluding hydrogens is 218 g/mol. The number of hydrogen-bond donors (Lipinski definition) is 0. The van der Waals surface area contributed by atoms with Crippen LogP contribution in [0, 0.1) is 5.41 Å². The van der Waals surface area contributed by atoms with E-state index in [9.17, 15) is 9.59 Å². The minimum Gasteiger partial charge on any atom is -0.468 e. The summed E-state index contributed by atoms with van der Waals surface area (Å²) < 4.78 is 4.63. The molecule has 1 fully saturated rings. The van der Waals surface area contributed by atoms with Gasteiger partial charge in [-0.3, -0.25) is 9.59 Å². The number of carbonyl (C=O) groups excluding carboxylic acids is 2. The van der Waals surface area contributed by atoms with Crippen molar-refractivity contribution in [2.45, 2.75) is 46.0 Å². The van der Waals surface area contributed by atoms with E-state index in [-0.39, 0.29) is 23.8 Å². The summed E-state index contributed by atoms with van der Waals surface area (Å²) >= 11 is 0. The minimum atomic E-state index is -0.343.